The summed E-state index contributed by atoms with van der Waals surface area (Å²) in [5.41, 5.74) is 0.658. The number of rotatable bonds is 3. The normalized spacial score (nSPS) is 38.7. The van der Waals surface area contributed by atoms with E-state index >= 15 is 0 Å². The molecule has 2 unspecified atom stereocenters. The van der Waals surface area contributed by atoms with Crippen LogP contribution in [0.3, 0.4) is 0 Å². The van der Waals surface area contributed by atoms with Gasteiger partial charge in [0.1, 0.15) is 0 Å². The van der Waals surface area contributed by atoms with Crippen LogP contribution in [0.1, 0.15) is 27.2 Å². The zero-order valence-electron chi connectivity index (χ0n) is 7.65. The topological polar surface area (TPSA) is 3.24 Å². The fraction of sp³-hybridized carbons (Fsp3) is 1.00. The van der Waals surface area contributed by atoms with Gasteiger partial charge in [0, 0.05) is 6.54 Å². The van der Waals surface area contributed by atoms with E-state index in [0.717, 1.165) is 5.92 Å². The lowest BCUT2D eigenvalue weighted by Gasteiger charge is -2.19. The molecule has 0 aromatic rings. The average Bonchev–Trinajstić information content (AvgIpc) is 2.40. The molecule has 0 N–H and O–H groups in total. The Balaban J connectivity index is 2.26. The van der Waals surface area contributed by atoms with Crippen molar-refractivity contribution in [2.24, 2.45) is 11.3 Å². The summed E-state index contributed by atoms with van der Waals surface area (Å²) in [5.74, 6) is 0.960. The van der Waals surface area contributed by atoms with Crippen LogP contribution in [0.25, 0.3) is 0 Å². The van der Waals surface area contributed by atoms with Crippen LogP contribution < -0.4 is 0 Å². The van der Waals surface area contributed by atoms with Gasteiger partial charge in [0.05, 0.1) is 0 Å². The zero-order chi connectivity index (χ0) is 7.78. The van der Waals surface area contributed by atoms with E-state index in [-0.39, 0.29) is 0 Å². The molecule has 1 rings (SSSR count). The molecule has 0 aromatic carbocycles. The number of hydrogen-bond donors (Lipinski definition) is 0. The fourth-order valence-electron chi connectivity index (χ4n) is 1.59. The molecule has 0 saturated heterocycles. The molecule has 1 saturated carbocycles. The third kappa shape index (κ3) is 1.51. The maximum absolute atomic E-state index is 2.41. The van der Waals surface area contributed by atoms with Gasteiger partial charge in [-0.2, -0.15) is 0 Å². The van der Waals surface area contributed by atoms with Gasteiger partial charge < -0.3 is 4.90 Å². The Morgan fingerprint density at radius 1 is 1.60 bits per heavy atom. The molecular weight excluding hydrogens is 122 g/mol. The Bertz CT molecular complexity index is 122. The summed E-state index contributed by atoms with van der Waals surface area (Å²) >= 11 is 0. The highest BCUT2D eigenvalue weighted by molar-refractivity contribution is 4.97. The lowest BCUT2D eigenvalue weighted by Crippen LogP contribution is -2.25. The first-order chi connectivity index (χ1) is 4.58. The largest absolute Gasteiger partial charge is 0.306 e. The second kappa shape index (κ2) is 2.54. The minimum atomic E-state index is 0.658. The van der Waals surface area contributed by atoms with E-state index < -0.39 is 0 Å². The SMILES string of the molecule is CCN(C)CC1(C)CC1C. The molecule has 1 heteroatoms. The third-order valence-electron chi connectivity index (χ3n) is 2.97. The van der Waals surface area contributed by atoms with E-state index in [1.54, 1.807) is 0 Å². The first kappa shape index (κ1) is 8.06. The molecule has 1 nitrogen and oxygen atoms in total. The highest BCUT2D eigenvalue weighted by Crippen LogP contribution is 2.51. The maximum atomic E-state index is 2.41. The summed E-state index contributed by atoms with van der Waals surface area (Å²) < 4.78 is 0. The predicted molar refractivity (Wildman–Crippen MR) is 45.1 cm³/mol. The van der Waals surface area contributed by atoms with Crippen LogP contribution >= 0.6 is 0 Å². The molecule has 0 aromatic heterocycles. The van der Waals surface area contributed by atoms with E-state index in [9.17, 15) is 0 Å². The van der Waals surface area contributed by atoms with Crippen molar-refractivity contribution in [1.82, 2.24) is 4.90 Å². The zero-order valence-corrected chi connectivity index (χ0v) is 7.65. The molecule has 2 atom stereocenters. The standard InChI is InChI=1S/C9H19N/c1-5-10(4)7-9(3)6-8(9)2/h8H,5-7H2,1-4H3. The van der Waals surface area contributed by atoms with Crippen LogP contribution in [-0.4, -0.2) is 25.0 Å². The summed E-state index contributed by atoms with van der Waals surface area (Å²) in [4.78, 5) is 2.41. The molecule has 60 valence electrons. The summed E-state index contributed by atoms with van der Waals surface area (Å²) in [7, 11) is 2.20. The van der Waals surface area contributed by atoms with Crippen molar-refractivity contribution < 1.29 is 0 Å². The lowest BCUT2D eigenvalue weighted by molar-refractivity contribution is 0.276. The van der Waals surface area contributed by atoms with E-state index in [2.05, 4.69) is 32.7 Å². The molecular formula is C9H19N. The molecule has 0 radical (unpaired) electrons. The molecule has 0 spiro atoms. The Morgan fingerprint density at radius 2 is 2.10 bits per heavy atom. The van der Waals surface area contributed by atoms with E-state index in [0.29, 0.717) is 5.41 Å². The molecule has 0 bridgehead atoms. The van der Waals surface area contributed by atoms with Crippen molar-refractivity contribution in [1.29, 1.82) is 0 Å². The lowest BCUT2D eigenvalue weighted by atomic mass is 10.1. The van der Waals surface area contributed by atoms with Crippen molar-refractivity contribution in [3.05, 3.63) is 0 Å². The Hall–Kier alpha value is -0.0400. The molecule has 0 amide bonds. The van der Waals surface area contributed by atoms with Gasteiger partial charge in [-0.3, -0.25) is 0 Å². The van der Waals surface area contributed by atoms with Gasteiger partial charge in [0.2, 0.25) is 0 Å². The average molecular weight is 141 g/mol. The number of hydrogen-bond acceptors (Lipinski definition) is 1. The first-order valence-corrected chi connectivity index (χ1v) is 4.27. The minimum absolute atomic E-state index is 0.658. The van der Waals surface area contributed by atoms with E-state index in [4.69, 9.17) is 0 Å². The van der Waals surface area contributed by atoms with Crippen LogP contribution in [-0.2, 0) is 0 Å². The van der Waals surface area contributed by atoms with Gasteiger partial charge >= 0.3 is 0 Å². The van der Waals surface area contributed by atoms with Crippen LogP contribution in [0.5, 0.6) is 0 Å². The highest BCUT2D eigenvalue weighted by Gasteiger charge is 2.46. The van der Waals surface area contributed by atoms with Gasteiger partial charge in [-0.05, 0) is 31.3 Å². The van der Waals surface area contributed by atoms with Gasteiger partial charge in [-0.15, -0.1) is 0 Å². The van der Waals surface area contributed by atoms with Gasteiger partial charge in [0.25, 0.3) is 0 Å². The smallest absolute Gasteiger partial charge is 0.00348 e. The molecule has 1 aliphatic rings. The minimum Gasteiger partial charge on any atom is -0.306 e. The maximum Gasteiger partial charge on any atom is 0.00348 e. The Labute approximate surface area is 64.4 Å². The Morgan fingerprint density at radius 3 is 2.40 bits per heavy atom. The van der Waals surface area contributed by atoms with Crippen molar-refractivity contribution in [2.75, 3.05) is 20.1 Å². The van der Waals surface area contributed by atoms with E-state index in [1.807, 2.05) is 0 Å². The van der Waals surface area contributed by atoms with Crippen molar-refractivity contribution >= 4 is 0 Å². The summed E-state index contributed by atoms with van der Waals surface area (Å²) in [6, 6.07) is 0. The number of nitrogens with zero attached hydrogens (tertiary/aromatic N) is 1. The van der Waals surface area contributed by atoms with E-state index in [1.165, 1.54) is 19.5 Å². The van der Waals surface area contributed by atoms with Crippen molar-refractivity contribution in [2.45, 2.75) is 27.2 Å². The molecule has 0 aliphatic heterocycles. The van der Waals surface area contributed by atoms with Crippen LogP contribution in [0.4, 0.5) is 0 Å². The summed E-state index contributed by atoms with van der Waals surface area (Å²) in [6.07, 6.45) is 1.43. The van der Waals surface area contributed by atoms with Gasteiger partial charge in [-0.1, -0.05) is 20.8 Å². The third-order valence-corrected chi connectivity index (χ3v) is 2.97. The van der Waals surface area contributed by atoms with Crippen LogP contribution in [0.2, 0.25) is 0 Å². The monoisotopic (exact) mass is 141 g/mol. The van der Waals surface area contributed by atoms with Crippen LogP contribution in [0.15, 0.2) is 0 Å². The van der Waals surface area contributed by atoms with Gasteiger partial charge in [0.15, 0.2) is 0 Å². The fourth-order valence-corrected chi connectivity index (χ4v) is 1.59. The molecule has 10 heavy (non-hydrogen) atoms. The highest BCUT2D eigenvalue weighted by atomic mass is 15.1. The van der Waals surface area contributed by atoms with Crippen LogP contribution in [0, 0.1) is 11.3 Å². The van der Waals surface area contributed by atoms with Crippen molar-refractivity contribution in [3.8, 4) is 0 Å². The summed E-state index contributed by atoms with van der Waals surface area (Å²) in [6.45, 7) is 9.43. The molecule has 1 aliphatic carbocycles. The van der Waals surface area contributed by atoms with Gasteiger partial charge in [-0.25, -0.2) is 0 Å². The molecule has 0 heterocycles. The van der Waals surface area contributed by atoms with Crippen molar-refractivity contribution in [3.63, 3.8) is 0 Å². The first-order valence-electron chi connectivity index (χ1n) is 4.27. The quantitative estimate of drug-likeness (QED) is 0.581. The summed E-state index contributed by atoms with van der Waals surface area (Å²) in [5, 5.41) is 0. The predicted octanol–water partition coefficient (Wildman–Crippen LogP) is 1.98. The molecule has 1 fully saturated rings. The Kier molecular flexibility index (Phi) is 2.04. The second-order valence-corrected chi connectivity index (χ2v) is 4.09. The second-order valence-electron chi connectivity index (χ2n) is 4.09.